The second kappa shape index (κ2) is 8.39. The van der Waals surface area contributed by atoms with Crippen LogP contribution >= 0.6 is 0 Å². The molecular formula is C19H23N7O3. The highest BCUT2D eigenvalue weighted by molar-refractivity contribution is 5.92. The third kappa shape index (κ3) is 4.96. The quantitative estimate of drug-likeness (QED) is 0.536. The van der Waals surface area contributed by atoms with Gasteiger partial charge in [0.2, 0.25) is 17.7 Å². The molecule has 1 aliphatic heterocycles. The van der Waals surface area contributed by atoms with Crippen LogP contribution in [-0.4, -0.2) is 64.5 Å². The lowest BCUT2D eigenvalue weighted by Crippen LogP contribution is -2.49. The number of amides is 1. The minimum atomic E-state index is -0.461. The van der Waals surface area contributed by atoms with Gasteiger partial charge in [-0.3, -0.25) is 19.8 Å². The highest BCUT2D eigenvalue weighted by Gasteiger charge is 2.28. The molecule has 29 heavy (non-hydrogen) atoms. The van der Waals surface area contributed by atoms with E-state index >= 15 is 0 Å². The van der Waals surface area contributed by atoms with E-state index in [1.54, 1.807) is 0 Å². The third-order valence-electron chi connectivity index (χ3n) is 4.95. The minimum absolute atomic E-state index is 0.0489. The van der Waals surface area contributed by atoms with E-state index in [0.29, 0.717) is 38.7 Å². The Morgan fingerprint density at radius 1 is 1.17 bits per heavy atom. The predicted molar refractivity (Wildman–Crippen MR) is 109 cm³/mol. The van der Waals surface area contributed by atoms with Gasteiger partial charge in [-0.05, 0) is 25.0 Å². The van der Waals surface area contributed by atoms with Gasteiger partial charge in [0.1, 0.15) is 6.20 Å². The van der Waals surface area contributed by atoms with Crippen LogP contribution in [0.2, 0.25) is 0 Å². The molecule has 4 rings (SSSR count). The molecule has 0 atom stereocenters. The van der Waals surface area contributed by atoms with Crippen LogP contribution in [0, 0.1) is 10.1 Å². The van der Waals surface area contributed by atoms with E-state index in [1.807, 2.05) is 35.2 Å². The van der Waals surface area contributed by atoms with Crippen LogP contribution in [0.3, 0.4) is 0 Å². The van der Waals surface area contributed by atoms with Crippen molar-refractivity contribution in [1.29, 1.82) is 0 Å². The summed E-state index contributed by atoms with van der Waals surface area (Å²) in [6, 6.07) is 9.64. The van der Waals surface area contributed by atoms with Gasteiger partial charge >= 0.3 is 5.69 Å². The lowest BCUT2D eigenvalue weighted by atomic mass is 10.3. The van der Waals surface area contributed by atoms with Gasteiger partial charge in [-0.1, -0.05) is 18.2 Å². The molecule has 0 unspecified atom stereocenters. The molecular weight excluding hydrogens is 374 g/mol. The van der Waals surface area contributed by atoms with Crippen LogP contribution in [0.15, 0.2) is 36.5 Å². The Bertz CT molecular complexity index is 881. The molecule has 2 aromatic rings. The van der Waals surface area contributed by atoms with Gasteiger partial charge in [-0.2, -0.15) is 4.98 Å². The van der Waals surface area contributed by atoms with E-state index < -0.39 is 4.92 Å². The molecule has 0 spiro atoms. The lowest BCUT2D eigenvalue weighted by Gasteiger charge is -2.34. The van der Waals surface area contributed by atoms with Gasteiger partial charge in [0, 0.05) is 37.9 Å². The van der Waals surface area contributed by atoms with E-state index in [2.05, 4.69) is 25.5 Å². The number of nitrogens with zero attached hydrogens (tertiary/aromatic N) is 5. The maximum atomic E-state index is 12.2. The third-order valence-corrected chi connectivity index (χ3v) is 4.95. The van der Waals surface area contributed by atoms with Crippen LogP contribution in [0.1, 0.15) is 12.8 Å². The van der Waals surface area contributed by atoms with Crippen LogP contribution in [0.4, 0.5) is 23.1 Å². The number of piperazine rings is 1. The van der Waals surface area contributed by atoms with Crippen molar-refractivity contribution in [2.75, 3.05) is 48.3 Å². The summed E-state index contributed by atoms with van der Waals surface area (Å²) in [6.07, 6.45) is 3.27. The van der Waals surface area contributed by atoms with Crippen molar-refractivity contribution in [1.82, 2.24) is 14.9 Å². The largest absolute Gasteiger partial charge is 0.361 e. The van der Waals surface area contributed by atoms with Crippen molar-refractivity contribution >= 4 is 29.0 Å². The topological polar surface area (TPSA) is 117 Å². The fraction of sp³-hybridized carbons (Fsp3) is 0.421. The Morgan fingerprint density at radius 3 is 2.55 bits per heavy atom. The number of para-hydroxylation sites is 1. The first kappa shape index (κ1) is 19.1. The number of hydrogen-bond acceptors (Lipinski definition) is 8. The molecule has 10 nitrogen and oxygen atoms in total. The van der Waals surface area contributed by atoms with Crippen molar-refractivity contribution in [2.24, 2.45) is 0 Å². The van der Waals surface area contributed by atoms with Crippen LogP contribution in [0.25, 0.3) is 0 Å². The van der Waals surface area contributed by atoms with Gasteiger partial charge in [-0.25, -0.2) is 4.98 Å². The van der Waals surface area contributed by atoms with Crippen molar-refractivity contribution in [2.45, 2.75) is 18.9 Å². The molecule has 0 radical (unpaired) electrons. The number of nitrogens with one attached hydrogen (secondary N) is 2. The molecule has 1 aromatic carbocycles. The first-order valence-corrected chi connectivity index (χ1v) is 9.68. The molecule has 0 bridgehead atoms. The zero-order valence-electron chi connectivity index (χ0n) is 16.0. The number of nitro groups is 1. The van der Waals surface area contributed by atoms with E-state index in [4.69, 9.17) is 0 Å². The van der Waals surface area contributed by atoms with Crippen LogP contribution in [-0.2, 0) is 4.79 Å². The number of hydrogen-bond donors (Lipinski definition) is 2. The van der Waals surface area contributed by atoms with Crippen LogP contribution in [0.5, 0.6) is 0 Å². The smallest absolute Gasteiger partial charge is 0.329 e. The lowest BCUT2D eigenvalue weighted by molar-refractivity contribution is -0.384. The molecule has 1 saturated carbocycles. The second-order valence-corrected chi connectivity index (χ2v) is 7.26. The van der Waals surface area contributed by atoms with Gasteiger partial charge < -0.3 is 15.5 Å². The molecule has 152 valence electrons. The fourth-order valence-electron chi connectivity index (χ4n) is 3.21. The summed E-state index contributed by atoms with van der Waals surface area (Å²) in [5.74, 6) is 0.714. The summed E-state index contributed by atoms with van der Waals surface area (Å²) >= 11 is 0. The standard InChI is InChI=1S/C19H23N7O3/c27-17(21-14-4-2-1-3-5-14)13-24-8-10-25(11-9-24)19-20-12-16(26(28)29)18(23-19)22-15-6-7-15/h1-5,12,15H,6-11,13H2,(H,21,27)(H,20,22,23). The molecule has 1 aromatic heterocycles. The van der Waals surface area contributed by atoms with E-state index in [1.165, 1.54) is 6.20 Å². The van der Waals surface area contributed by atoms with Gasteiger partial charge in [0.05, 0.1) is 11.5 Å². The molecule has 2 N–H and O–H groups in total. The molecule has 2 fully saturated rings. The fourth-order valence-corrected chi connectivity index (χ4v) is 3.21. The molecule has 1 amide bonds. The number of carbonyl (C=O) groups excluding carboxylic acids is 1. The Balaban J connectivity index is 1.33. The maximum Gasteiger partial charge on any atom is 0.329 e. The molecule has 10 heteroatoms. The summed E-state index contributed by atoms with van der Waals surface area (Å²) in [4.78, 5) is 35.6. The Morgan fingerprint density at radius 2 is 1.90 bits per heavy atom. The summed E-state index contributed by atoms with van der Waals surface area (Å²) in [7, 11) is 0. The monoisotopic (exact) mass is 397 g/mol. The summed E-state index contributed by atoms with van der Waals surface area (Å²) in [5, 5.41) is 17.2. The number of carbonyl (C=O) groups is 1. The molecule has 1 saturated heterocycles. The normalized spacial score (nSPS) is 17.0. The van der Waals surface area contributed by atoms with Gasteiger partial charge in [0.15, 0.2) is 0 Å². The van der Waals surface area contributed by atoms with Crippen molar-refractivity contribution < 1.29 is 9.72 Å². The van der Waals surface area contributed by atoms with Gasteiger partial charge in [-0.15, -0.1) is 0 Å². The van der Waals surface area contributed by atoms with Crippen molar-refractivity contribution in [3.05, 3.63) is 46.6 Å². The number of anilines is 3. The van der Waals surface area contributed by atoms with E-state index in [9.17, 15) is 14.9 Å². The van der Waals surface area contributed by atoms with E-state index in [-0.39, 0.29) is 23.5 Å². The van der Waals surface area contributed by atoms with E-state index in [0.717, 1.165) is 18.5 Å². The summed E-state index contributed by atoms with van der Waals surface area (Å²) < 4.78 is 0. The first-order valence-electron chi connectivity index (χ1n) is 9.68. The SMILES string of the molecule is O=C(CN1CCN(c2ncc([N+](=O)[O-])c(NC3CC3)n2)CC1)Nc1ccccc1. The minimum Gasteiger partial charge on any atom is -0.361 e. The zero-order valence-corrected chi connectivity index (χ0v) is 16.0. The summed E-state index contributed by atoms with van der Waals surface area (Å²) in [6.45, 7) is 3.00. The Labute approximate surface area is 168 Å². The zero-order chi connectivity index (χ0) is 20.2. The Hall–Kier alpha value is -3.27. The van der Waals surface area contributed by atoms with Gasteiger partial charge in [0.25, 0.3) is 0 Å². The predicted octanol–water partition coefficient (Wildman–Crippen LogP) is 1.72. The number of benzene rings is 1. The number of aromatic nitrogens is 2. The highest BCUT2D eigenvalue weighted by atomic mass is 16.6. The Kier molecular flexibility index (Phi) is 5.52. The summed E-state index contributed by atoms with van der Waals surface area (Å²) in [5.41, 5.74) is 0.683. The highest BCUT2D eigenvalue weighted by Crippen LogP contribution is 2.30. The molecule has 1 aliphatic carbocycles. The van der Waals surface area contributed by atoms with Crippen molar-refractivity contribution in [3.63, 3.8) is 0 Å². The maximum absolute atomic E-state index is 12.2. The first-order chi connectivity index (χ1) is 14.1. The van der Waals surface area contributed by atoms with Crippen LogP contribution < -0.4 is 15.5 Å². The average Bonchev–Trinajstić information content (AvgIpc) is 3.53. The molecule has 2 heterocycles. The second-order valence-electron chi connectivity index (χ2n) is 7.26. The average molecular weight is 397 g/mol. The molecule has 2 aliphatic rings. The van der Waals surface area contributed by atoms with Crippen molar-refractivity contribution in [3.8, 4) is 0 Å². The number of rotatable bonds is 7.